The molecule has 0 aliphatic carbocycles. The van der Waals surface area contributed by atoms with E-state index in [0.717, 1.165) is 5.56 Å². The molecule has 4 nitrogen and oxygen atoms in total. The first kappa shape index (κ1) is 18.1. The van der Waals surface area contributed by atoms with E-state index in [1.807, 2.05) is 30.3 Å². The third-order valence-electron chi connectivity index (χ3n) is 4.26. The van der Waals surface area contributed by atoms with Crippen molar-refractivity contribution in [3.8, 4) is 5.75 Å². The molecule has 142 valence electrons. The first-order valence-electron chi connectivity index (χ1n) is 8.74. The zero-order chi connectivity index (χ0) is 19.3. The highest BCUT2D eigenvalue weighted by Gasteiger charge is 2.25. The summed E-state index contributed by atoms with van der Waals surface area (Å²) in [6.45, 7) is 0.262. The van der Waals surface area contributed by atoms with Gasteiger partial charge in [-0.2, -0.15) is 0 Å². The molecule has 0 fully saturated rings. The summed E-state index contributed by atoms with van der Waals surface area (Å²) >= 11 is 0. The Kier molecular flexibility index (Phi) is 5.30. The zero-order valence-corrected chi connectivity index (χ0v) is 14.8. The van der Waals surface area contributed by atoms with Crippen LogP contribution in [0, 0.1) is 11.6 Å². The molecule has 3 aromatic rings. The number of hydrogen-bond acceptors (Lipinski definition) is 4. The van der Waals surface area contributed by atoms with Gasteiger partial charge in [-0.15, -0.1) is 0 Å². The Morgan fingerprint density at radius 3 is 2.57 bits per heavy atom. The molecule has 1 aliphatic heterocycles. The molecule has 3 aromatic carbocycles. The molecule has 0 bridgehead atoms. The van der Waals surface area contributed by atoms with Crippen LogP contribution in [0.2, 0.25) is 0 Å². The van der Waals surface area contributed by atoms with Crippen LogP contribution >= 0.6 is 0 Å². The van der Waals surface area contributed by atoms with Crippen molar-refractivity contribution >= 4 is 6.21 Å². The molecule has 0 amide bonds. The average Bonchev–Trinajstić information content (AvgIpc) is 2.72. The summed E-state index contributed by atoms with van der Waals surface area (Å²) in [6, 6.07) is 18.1. The summed E-state index contributed by atoms with van der Waals surface area (Å²) in [7, 11) is 0. The van der Waals surface area contributed by atoms with E-state index >= 15 is 0 Å². The second kappa shape index (κ2) is 8.19. The topological polar surface area (TPSA) is 40.0 Å². The second-order valence-electron chi connectivity index (χ2n) is 6.28. The smallest absolute Gasteiger partial charge is 0.227 e. The maximum atomic E-state index is 13.9. The van der Waals surface area contributed by atoms with Crippen LogP contribution in [0.1, 0.15) is 28.5 Å². The van der Waals surface area contributed by atoms with Crippen molar-refractivity contribution in [3.05, 3.63) is 101 Å². The van der Waals surface area contributed by atoms with E-state index < -0.39 is 12.1 Å². The molecule has 0 aromatic heterocycles. The fraction of sp³-hybridized carbons (Fsp3) is 0.136. The van der Waals surface area contributed by atoms with Crippen LogP contribution in [0.15, 0.2) is 71.9 Å². The van der Waals surface area contributed by atoms with E-state index in [1.54, 1.807) is 12.1 Å². The molecule has 0 saturated heterocycles. The molecule has 6 heteroatoms. The largest absolute Gasteiger partial charge is 0.460 e. The van der Waals surface area contributed by atoms with Gasteiger partial charge in [0.15, 0.2) is 0 Å². The van der Waals surface area contributed by atoms with Gasteiger partial charge in [0.2, 0.25) is 6.29 Å². The summed E-state index contributed by atoms with van der Waals surface area (Å²) in [5.74, 6) is -0.180. The molecule has 0 spiro atoms. The number of fused-ring (bicyclic) bond motifs is 1. The van der Waals surface area contributed by atoms with E-state index in [4.69, 9.17) is 14.3 Å². The lowest BCUT2D eigenvalue weighted by Crippen LogP contribution is -2.19. The molecule has 0 N–H and O–H groups in total. The summed E-state index contributed by atoms with van der Waals surface area (Å²) in [5, 5.41) is 3.87. The van der Waals surface area contributed by atoms with Gasteiger partial charge in [-0.1, -0.05) is 47.6 Å². The molecule has 1 aliphatic rings. The Bertz CT molecular complexity index is 975. The lowest BCUT2D eigenvalue weighted by molar-refractivity contribution is -0.112. The molecule has 28 heavy (non-hydrogen) atoms. The average molecular weight is 381 g/mol. The van der Waals surface area contributed by atoms with Crippen LogP contribution in [0.5, 0.6) is 5.75 Å². The number of benzene rings is 3. The Morgan fingerprint density at radius 1 is 1.00 bits per heavy atom. The van der Waals surface area contributed by atoms with Gasteiger partial charge in [0.1, 0.15) is 24.0 Å². The summed E-state index contributed by atoms with van der Waals surface area (Å²) < 4.78 is 38.5. The molecule has 0 radical (unpaired) electrons. The Hall–Kier alpha value is -3.25. The van der Waals surface area contributed by atoms with E-state index in [-0.39, 0.29) is 19.0 Å². The number of hydrogen-bond donors (Lipinski definition) is 0. The third kappa shape index (κ3) is 4.18. The number of nitrogens with zero attached hydrogens (tertiary/aromatic N) is 1. The van der Waals surface area contributed by atoms with Gasteiger partial charge in [0.25, 0.3) is 0 Å². The number of rotatable bonds is 5. The van der Waals surface area contributed by atoms with Crippen molar-refractivity contribution in [1.82, 2.24) is 0 Å². The van der Waals surface area contributed by atoms with Gasteiger partial charge in [0, 0.05) is 16.7 Å². The van der Waals surface area contributed by atoms with Crippen LogP contribution in [-0.2, 0) is 22.8 Å². The minimum Gasteiger partial charge on any atom is -0.460 e. The van der Waals surface area contributed by atoms with Crippen molar-refractivity contribution in [2.45, 2.75) is 19.5 Å². The SMILES string of the molecule is Fc1ccc(/C=N\OCc2cc(F)cc3c2O[C@@H](c2ccccc2)OC3)cc1. The maximum absolute atomic E-state index is 13.9. The minimum atomic E-state index is -0.569. The summed E-state index contributed by atoms with van der Waals surface area (Å²) in [6.07, 6.45) is 0.891. The van der Waals surface area contributed by atoms with Crippen molar-refractivity contribution in [2.24, 2.45) is 5.16 Å². The second-order valence-corrected chi connectivity index (χ2v) is 6.28. The molecule has 0 saturated carbocycles. The lowest BCUT2D eigenvalue weighted by atomic mass is 10.1. The Balaban J connectivity index is 1.48. The molecule has 4 rings (SSSR count). The molecular weight excluding hydrogens is 364 g/mol. The monoisotopic (exact) mass is 381 g/mol. The lowest BCUT2D eigenvalue weighted by Gasteiger charge is -2.28. The highest BCUT2D eigenvalue weighted by molar-refractivity contribution is 5.78. The Labute approximate surface area is 161 Å². The van der Waals surface area contributed by atoms with Crippen LogP contribution in [0.25, 0.3) is 0 Å². The van der Waals surface area contributed by atoms with E-state index in [0.29, 0.717) is 22.4 Å². The molecule has 1 atom stereocenters. The van der Waals surface area contributed by atoms with Gasteiger partial charge < -0.3 is 14.3 Å². The zero-order valence-electron chi connectivity index (χ0n) is 14.8. The van der Waals surface area contributed by atoms with Crippen LogP contribution in [-0.4, -0.2) is 6.21 Å². The van der Waals surface area contributed by atoms with Crippen LogP contribution < -0.4 is 4.74 Å². The quantitative estimate of drug-likeness (QED) is 0.455. The van der Waals surface area contributed by atoms with E-state index in [1.165, 1.54) is 30.5 Å². The van der Waals surface area contributed by atoms with Crippen molar-refractivity contribution in [1.29, 1.82) is 0 Å². The van der Waals surface area contributed by atoms with E-state index in [2.05, 4.69) is 5.16 Å². The first-order valence-corrected chi connectivity index (χ1v) is 8.74. The molecule has 1 heterocycles. The van der Waals surface area contributed by atoms with Gasteiger partial charge in [-0.25, -0.2) is 8.78 Å². The highest BCUT2D eigenvalue weighted by atomic mass is 19.1. The minimum absolute atomic E-state index is 0.0271. The summed E-state index contributed by atoms with van der Waals surface area (Å²) in [4.78, 5) is 5.30. The van der Waals surface area contributed by atoms with Gasteiger partial charge in [0.05, 0.1) is 12.8 Å². The predicted octanol–water partition coefficient (Wildman–Crippen LogP) is 5.12. The van der Waals surface area contributed by atoms with Crippen molar-refractivity contribution in [3.63, 3.8) is 0 Å². The van der Waals surface area contributed by atoms with Gasteiger partial charge >= 0.3 is 0 Å². The van der Waals surface area contributed by atoms with E-state index in [9.17, 15) is 8.78 Å². The van der Waals surface area contributed by atoms with Crippen molar-refractivity contribution in [2.75, 3.05) is 0 Å². The third-order valence-corrected chi connectivity index (χ3v) is 4.26. The number of ether oxygens (including phenoxy) is 2. The molecule has 0 unspecified atom stereocenters. The predicted molar refractivity (Wildman–Crippen MR) is 99.8 cm³/mol. The normalized spacial score (nSPS) is 15.9. The summed E-state index contributed by atoms with van der Waals surface area (Å²) in [5.41, 5.74) is 2.72. The maximum Gasteiger partial charge on any atom is 0.227 e. The van der Waals surface area contributed by atoms with Gasteiger partial charge in [-0.3, -0.25) is 0 Å². The van der Waals surface area contributed by atoms with Crippen LogP contribution in [0.3, 0.4) is 0 Å². The van der Waals surface area contributed by atoms with Crippen LogP contribution in [0.4, 0.5) is 8.78 Å². The first-order chi connectivity index (χ1) is 13.7. The highest BCUT2D eigenvalue weighted by Crippen LogP contribution is 2.36. The van der Waals surface area contributed by atoms with Crippen molar-refractivity contribution < 1.29 is 23.1 Å². The standard InChI is InChI=1S/C22H17F2NO3/c23-19-8-6-15(7-9-19)12-25-27-14-18-11-20(24)10-17-13-26-22(28-21(17)18)16-4-2-1-3-5-16/h1-12,22H,13-14H2/b25-12-/t22-/m0/s1. The fourth-order valence-corrected chi connectivity index (χ4v) is 2.91. The Morgan fingerprint density at radius 2 is 1.79 bits per heavy atom. The van der Waals surface area contributed by atoms with Gasteiger partial charge in [-0.05, 0) is 29.8 Å². The molecular formula is C22H17F2NO3. The number of halogens is 2. The number of oxime groups is 1. The fourth-order valence-electron chi connectivity index (χ4n) is 2.91.